The summed E-state index contributed by atoms with van der Waals surface area (Å²) in [6.45, 7) is 0.757. The Bertz CT molecular complexity index is 875. The van der Waals surface area contributed by atoms with Crippen molar-refractivity contribution in [2.75, 3.05) is 13.1 Å². The number of phenolic OH excluding ortho intramolecular Hbond substituents is 2. The third kappa shape index (κ3) is 4.42. The van der Waals surface area contributed by atoms with Crippen molar-refractivity contribution in [3.63, 3.8) is 0 Å². The van der Waals surface area contributed by atoms with Gasteiger partial charge in [0.1, 0.15) is 0 Å². The number of halogens is 4. The van der Waals surface area contributed by atoms with Crippen molar-refractivity contribution in [1.29, 1.82) is 0 Å². The lowest BCUT2D eigenvalue weighted by Gasteiger charge is -2.18. The lowest BCUT2D eigenvalue weighted by molar-refractivity contribution is -0.112. The van der Waals surface area contributed by atoms with Crippen molar-refractivity contribution in [3.05, 3.63) is 66.6 Å². The van der Waals surface area contributed by atoms with Crippen LogP contribution >= 0.6 is 46.4 Å². The van der Waals surface area contributed by atoms with Gasteiger partial charge in [-0.15, -0.1) is 0 Å². The van der Waals surface area contributed by atoms with Crippen molar-refractivity contribution in [3.8, 4) is 11.5 Å². The fraction of sp³-hybridized carbons (Fsp3) is 0.105. The van der Waals surface area contributed by atoms with Crippen LogP contribution in [-0.2, 0) is 4.79 Å². The number of aromatic hydroxyl groups is 2. The first-order chi connectivity index (χ1) is 12.8. The summed E-state index contributed by atoms with van der Waals surface area (Å²) in [7, 11) is 0. The fourth-order valence-electron chi connectivity index (χ4n) is 2.67. The van der Waals surface area contributed by atoms with Crippen LogP contribution in [0.3, 0.4) is 0 Å². The molecule has 0 radical (unpaired) electrons. The zero-order chi connectivity index (χ0) is 19.7. The summed E-state index contributed by atoms with van der Waals surface area (Å²) >= 11 is 23.7. The number of piperidine rings is 1. The molecule has 0 spiro atoms. The van der Waals surface area contributed by atoms with E-state index in [0.29, 0.717) is 35.4 Å². The summed E-state index contributed by atoms with van der Waals surface area (Å²) in [5.74, 6) is -0.542. The van der Waals surface area contributed by atoms with E-state index in [1.54, 1.807) is 12.2 Å². The van der Waals surface area contributed by atoms with Crippen LogP contribution in [0.5, 0.6) is 11.5 Å². The highest BCUT2D eigenvalue weighted by atomic mass is 35.5. The zero-order valence-electron chi connectivity index (χ0n) is 13.7. The highest BCUT2D eigenvalue weighted by Gasteiger charge is 2.21. The Kier molecular flexibility index (Phi) is 6.04. The topological polar surface area (TPSA) is 69.6 Å². The van der Waals surface area contributed by atoms with Gasteiger partial charge < -0.3 is 15.5 Å². The standard InChI is InChI=1S/C19H13Cl4NO3/c20-13-3-9(4-14(21)18(13)26)1-11-7-24-8-12(17(11)25)2-10-5-15(22)19(27)16(23)6-10/h1-6,24,26-27H,7-8H2. The van der Waals surface area contributed by atoms with E-state index in [1.165, 1.54) is 24.3 Å². The van der Waals surface area contributed by atoms with Crippen LogP contribution < -0.4 is 5.32 Å². The number of benzene rings is 2. The second-order valence-corrected chi connectivity index (χ2v) is 7.57. The van der Waals surface area contributed by atoms with Crippen molar-refractivity contribution in [1.82, 2.24) is 5.32 Å². The second-order valence-electron chi connectivity index (χ2n) is 5.94. The largest absolute Gasteiger partial charge is 0.505 e. The van der Waals surface area contributed by atoms with Crippen LogP contribution in [0.25, 0.3) is 12.2 Å². The molecule has 1 fully saturated rings. The van der Waals surface area contributed by atoms with Gasteiger partial charge in [0, 0.05) is 24.2 Å². The van der Waals surface area contributed by atoms with Gasteiger partial charge in [-0.3, -0.25) is 4.79 Å². The molecule has 2 aromatic carbocycles. The molecule has 0 bridgehead atoms. The number of carbonyl (C=O) groups excluding carboxylic acids is 1. The van der Waals surface area contributed by atoms with Crippen molar-refractivity contribution >= 4 is 64.3 Å². The maximum absolute atomic E-state index is 12.8. The van der Waals surface area contributed by atoms with Crippen molar-refractivity contribution < 1.29 is 15.0 Å². The molecule has 3 N–H and O–H groups in total. The maximum atomic E-state index is 12.8. The smallest absolute Gasteiger partial charge is 0.187 e. The number of carbonyl (C=O) groups is 1. The average Bonchev–Trinajstić information content (AvgIpc) is 2.61. The first-order valence-electron chi connectivity index (χ1n) is 7.79. The SMILES string of the molecule is O=C1C(=Cc2cc(Cl)c(O)c(Cl)c2)CNCC1=Cc1cc(Cl)c(O)c(Cl)c1. The van der Waals surface area contributed by atoms with Crippen LogP contribution in [0.1, 0.15) is 11.1 Å². The Hall–Kier alpha value is -1.69. The van der Waals surface area contributed by atoms with Gasteiger partial charge >= 0.3 is 0 Å². The van der Waals surface area contributed by atoms with E-state index in [2.05, 4.69) is 5.32 Å². The summed E-state index contributed by atoms with van der Waals surface area (Å²) in [6, 6.07) is 6.11. The zero-order valence-corrected chi connectivity index (χ0v) is 16.7. The number of rotatable bonds is 2. The van der Waals surface area contributed by atoms with E-state index in [9.17, 15) is 15.0 Å². The van der Waals surface area contributed by atoms with Gasteiger partial charge in [-0.25, -0.2) is 0 Å². The van der Waals surface area contributed by atoms with E-state index in [-0.39, 0.29) is 37.4 Å². The van der Waals surface area contributed by atoms with Crippen LogP contribution in [0.15, 0.2) is 35.4 Å². The van der Waals surface area contributed by atoms with Gasteiger partial charge in [-0.2, -0.15) is 0 Å². The summed E-state index contributed by atoms with van der Waals surface area (Å²) < 4.78 is 0. The molecule has 1 heterocycles. The molecule has 8 heteroatoms. The molecule has 140 valence electrons. The van der Waals surface area contributed by atoms with E-state index in [0.717, 1.165) is 0 Å². The van der Waals surface area contributed by atoms with Crippen LogP contribution in [0, 0.1) is 0 Å². The number of ketones is 1. The molecule has 1 aliphatic rings. The maximum Gasteiger partial charge on any atom is 0.187 e. The minimum absolute atomic E-state index is 0.106. The molecule has 0 aliphatic carbocycles. The molecule has 0 amide bonds. The fourth-order valence-corrected chi connectivity index (χ4v) is 3.68. The molecular formula is C19H13Cl4NO3. The minimum Gasteiger partial charge on any atom is -0.505 e. The van der Waals surface area contributed by atoms with Gasteiger partial charge in [-0.05, 0) is 47.5 Å². The van der Waals surface area contributed by atoms with Crippen LogP contribution in [0.2, 0.25) is 20.1 Å². The second kappa shape index (κ2) is 8.13. The molecule has 0 unspecified atom stereocenters. The quantitative estimate of drug-likeness (QED) is 0.546. The minimum atomic E-state index is -0.199. The average molecular weight is 445 g/mol. The highest BCUT2D eigenvalue weighted by molar-refractivity contribution is 6.38. The molecule has 2 aromatic rings. The predicted octanol–water partition coefficient (Wildman–Crippen LogP) is 5.35. The number of nitrogens with one attached hydrogen (secondary N) is 1. The van der Waals surface area contributed by atoms with Gasteiger partial charge in [0.2, 0.25) is 0 Å². The number of Topliss-reactive ketones (excluding diaryl/α,β-unsaturated/α-hetero) is 1. The lowest BCUT2D eigenvalue weighted by atomic mass is 9.95. The Balaban J connectivity index is 1.94. The highest BCUT2D eigenvalue weighted by Crippen LogP contribution is 2.35. The summed E-state index contributed by atoms with van der Waals surface area (Å²) in [6.07, 6.45) is 3.33. The molecule has 27 heavy (non-hydrogen) atoms. The Morgan fingerprint density at radius 2 is 1.07 bits per heavy atom. The molecule has 3 rings (SSSR count). The van der Waals surface area contributed by atoms with E-state index >= 15 is 0 Å². The third-order valence-corrected chi connectivity index (χ3v) is 5.13. The Morgan fingerprint density at radius 1 is 0.741 bits per heavy atom. The molecule has 1 saturated heterocycles. The number of hydrogen-bond acceptors (Lipinski definition) is 4. The van der Waals surface area contributed by atoms with Crippen molar-refractivity contribution in [2.24, 2.45) is 0 Å². The lowest BCUT2D eigenvalue weighted by Crippen LogP contribution is -2.32. The van der Waals surface area contributed by atoms with Gasteiger partial charge in [-0.1, -0.05) is 46.4 Å². The first-order valence-corrected chi connectivity index (χ1v) is 9.30. The number of phenols is 2. The van der Waals surface area contributed by atoms with Crippen LogP contribution in [-0.4, -0.2) is 29.1 Å². The van der Waals surface area contributed by atoms with Crippen LogP contribution in [0.4, 0.5) is 0 Å². The molecule has 1 aliphatic heterocycles. The molecular weight excluding hydrogens is 432 g/mol. The Morgan fingerprint density at radius 3 is 1.41 bits per heavy atom. The van der Waals surface area contributed by atoms with E-state index in [1.807, 2.05) is 0 Å². The predicted molar refractivity (Wildman–Crippen MR) is 110 cm³/mol. The van der Waals surface area contributed by atoms with Gasteiger partial charge in [0.05, 0.1) is 20.1 Å². The van der Waals surface area contributed by atoms with E-state index < -0.39 is 0 Å². The molecule has 0 atom stereocenters. The monoisotopic (exact) mass is 443 g/mol. The van der Waals surface area contributed by atoms with Gasteiger partial charge in [0.15, 0.2) is 17.3 Å². The van der Waals surface area contributed by atoms with Gasteiger partial charge in [0.25, 0.3) is 0 Å². The molecule has 0 aromatic heterocycles. The Labute approximate surface area is 175 Å². The van der Waals surface area contributed by atoms with E-state index in [4.69, 9.17) is 46.4 Å². The summed E-state index contributed by atoms with van der Waals surface area (Å²) in [5.41, 5.74) is 2.23. The van der Waals surface area contributed by atoms with Crippen molar-refractivity contribution in [2.45, 2.75) is 0 Å². The summed E-state index contributed by atoms with van der Waals surface area (Å²) in [4.78, 5) is 12.8. The summed E-state index contributed by atoms with van der Waals surface area (Å²) in [5, 5.41) is 22.9. The third-order valence-electron chi connectivity index (χ3n) is 3.97. The first kappa shape index (κ1) is 20.1. The molecule has 0 saturated carbocycles. The normalized spacial score (nSPS) is 17.7. The molecule has 4 nitrogen and oxygen atoms in total. The number of hydrogen-bond donors (Lipinski definition) is 3.